The Labute approximate surface area is 71.2 Å². The van der Waals surface area contributed by atoms with Crippen molar-refractivity contribution in [1.29, 1.82) is 0 Å². The highest BCUT2D eigenvalue weighted by Gasteiger charge is 2.60. The molecule has 1 saturated carbocycles. The Balaban J connectivity index is 2.53. The molecule has 0 radical (unpaired) electrons. The number of aliphatic hydroxyl groups is 2. The van der Waals surface area contributed by atoms with E-state index < -0.39 is 5.41 Å². The molecule has 12 heavy (non-hydrogen) atoms. The van der Waals surface area contributed by atoms with Crippen LogP contribution in [0, 0.1) is 11.3 Å². The van der Waals surface area contributed by atoms with Crippen LogP contribution in [0.4, 0.5) is 0 Å². The molecule has 0 spiro atoms. The number of hydrogen-bond acceptors (Lipinski definition) is 4. The van der Waals surface area contributed by atoms with Crippen LogP contribution in [0.15, 0.2) is 0 Å². The zero-order valence-electron chi connectivity index (χ0n) is 7.12. The van der Waals surface area contributed by atoms with Gasteiger partial charge in [0.2, 0.25) is 0 Å². The molecule has 1 aliphatic carbocycles. The van der Waals surface area contributed by atoms with Crippen LogP contribution in [-0.2, 0) is 9.53 Å². The number of ether oxygens (including phenoxy) is 1. The molecule has 0 amide bonds. The molecule has 70 valence electrons. The first-order valence-electron chi connectivity index (χ1n) is 4.10. The van der Waals surface area contributed by atoms with Crippen molar-refractivity contribution in [2.75, 3.05) is 19.8 Å². The Morgan fingerprint density at radius 3 is 2.67 bits per heavy atom. The zero-order chi connectivity index (χ0) is 9.19. The van der Waals surface area contributed by atoms with Gasteiger partial charge in [-0.05, 0) is 13.3 Å². The van der Waals surface area contributed by atoms with Crippen molar-refractivity contribution in [2.24, 2.45) is 11.3 Å². The monoisotopic (exact) mass is 174 g/mol. The van der Waals surface area contributed by atoms with Crippen molar-refractivity contribution in [2.45, 2.75) is 13.3 Å². The van der Waals surface area contributed by atoms with Crippen molar-refractivity contribution in [3.63, 3.8) is 0 Å². The third kappa shape index (κ3) is 1.32. The third-order valence-corrected chi connectivity index (χ3v) is 2.42. The van der Waals surface area contributed by atoms with Gasteiger partial charge in [-0.25, -0.2) is 0 Å². The molecule has 4 nitrogen and oxygen atoms in total. The highest BCUT2D eigenvalue weighted by Crippen LogP contribution is 2.52. The van der Waals surface area contributed by atoms with Gasteiger partial charge in [0.05, 0.1) is 18.6 Å². The lowest BCUT2D eigenvalue weighted by atomic mass is 10.1. The van der Waals surface area contributed by atoms with Gasteiger partial charge in [-0.2, -0.15) is 0 Å². The molecule has 0 unspecified atom stereocenters. The Kier molecular flexibility index (Phi) is 2.69. The molecular weight excluding hydrogens is 160 g/mol. The van der Waals surface area contributed by atoms with Crippen molar-refractivity contribution in [3.05, 3.63) is 0 Å². The molecule has 2 atom stereocenters. The van der Waals surface area contributed by atoms with Crippen LogP contribution >= 0.6 is 0 Å². The summed E-state index contributed by atoms with van der Waals surface area (Å²) in [6, 6.07) is 0. The average Bonchev–Trinajstić information content (AvgIpc) is 2.80. The molecular formula is C8H14O4. The molecule has 2 N–H and O–H groups in total. The van der Waals surface area contributed by atoms with Gasteiger partial charge in [0.15, 0.2) is 0 Å². The van der Waals surface area contributed by atoms with Crippen molar-refractivity contribution in [1.82, 2.24) is 0 Å². The lowest BCUT2D eigenvalue weighted by Crippen LogP contribution is -2.25. The SMILES string of the molecule is CCOC(=O)[C@@]1(CO)C[C@@H]1CO. The Bertz CT molecular complexity index is 180. The molecule has 1 aliphatic rings. The second-order valence-corrected chi connectivity index (χ2v) is 3.12. The molecule has 0 heterocycles. The number of carbonyl (C=O) groups excluding carboxylic acids is 1. The summed E-state index contributed by atoms with van der Waals surface area (Å²) in [5, 5.41) is 17.7. The van der Waals surface area contributed by atoms with Gasteiger partial charge in [0.25, 0.3) is 0 Å². The minimum absolute atomic E-state index is 0.0562. The maximum Gasteiger partial charge on any atom is 0.314 e. The number of carbonyl (C=O) groups is 1. The molecule has 0 aromatic heterocycles. The van der Waals surface area contributed by atoms with E-state index in [2.05, 4.69) is 0 Å². The van der Waals surface area contributed by atoms with Crippen molar-refractivity contribution in [3.8, 4) is 0 Å². The van der Waals surface area contributed by atoms with E-state index in [4.69, 9.17) is 14.9 Å². The maximum atomic E-state index is 11.2. The van der Waals surface area contributed by atoms with E-state index in [1.165, 1.54) is 0 Å². The van der Waals surface area contributed by atoms with Crippen LogP contribution in [0.1, 0.15) is 13.3 Å². The smallest absolute Gasteiger partial charge is 0.314 e. The first-order chi connectivity index (χ1) is 5.71. The first-order valence-corrected chi connectivity index (χ1v) is 4.10. The minimum Gasteiger partial charge on any atom is -0.465 e. The van der Waals surface area contributed by atoms with Gasteiger partial charge in [0.1, 0.15) is 0 Å². The maximum absolute atomic E-state index is 11.2. The minimum atomic E-state index is -0.787. The van der Waals surface area contributed by atoms with E-state index in [1.54, 1.807) is 6.92 Å². The second-order valence-electron chi connectivity index (χ2n) is 3.12. The van der Waals surface area contributed by atoms with E-state index >= 15 is 0 Å². The van der Waals surface area contributed by atoms with Gasteiger partial charge in [-0.3, -0.25) is 4.79 Å². The molecule has 0 bridgehead atoms. The third-order valence-electron chi connectivity index (χ3n) is 2.42. The predicted molar refractivity (Wildman–Crippen MR) is 41.3 cm³/mol. The van der Waals surface area contributed by atoms with E-state index in [9.17, 15) is 4.79 Å². The summed E-state index contributed by atoms with van der Waals surface area (Å²) in [6.07, 6.45) is 0.541. The summed E-state index contributed by atoms with van der Waals surface area (Å²) < 4.78 is 4.78. The van der Waals surface area contributed by atoms with E-state index in [-0.39, 0.29) is 25.1 Å². The molecule has 0 aromatic carbocycles. The van der Waals surface area contributed by atoms with Crippen LogP contribution in [0.3, 0.4) is 0 Å². The van der Waals surface area contributed by atoms with Gasteiger partial charge in [-0.1, -0.05) is 0 Å². The summed E-state index contributed by atoms with van der Waals surface area (Å²) in [7, 11) is 0. The largest absolute Gasteiger partial charge is 0.465 e. The fourth-order valence-corrected chi connectivity index (χ4v) is 1.40. The fourth-order valence-electron chi connectivity index (χ4n) is 1.40. The van der Waals surface area contributed by atoms with Gasteiger partial charge >= 0.3 is 5.97 Å². The standard InChI is InChI=1S/C8H14O4/c1-2-12-7(11)8(5-10)3-6(8)4-9/h6,9-10H,2-5H2,1H3/t6-,8-/m1/s1. The Morgan fingerprint density at radius 2 is 2.33 bits per heavy atom. The highest BCUT2D eigenvalue weighted by atomic mass is 16.5. The van der Waals surface area contributed by atoms with Gasteiger partial charge in [-0.15, -0.1) is 0 Å². The lowest BCUT2D eigenvalue weighted by molar-refractivity contribution is -0.152. The normalized spacial score (nSPS) is 33.1. The summed E-state index contributed by atoms with van der Waals surface area (Å²) in [5.74, 6) is -0.492. The Morgan fingerprint density at radius 1 is 1.67 bits per heavy atom. The molecule has 1 fully saturated rings. The summed E-state index contributed by atoms with van der Waals surface area (Å²) in [6.45, 7) is 1.76. The van der Waals surface area contributed by atoms with E-state index in [0.29, 0.717) is 13.0 Å². The molecule has 1 rings (SSSR count). The quantitative estimate of drug-likeness (QED) is 0.566. The zero-order valence-corrected chi connectivity index (χ0v) is 7.12. The summed E-state index contributed by atoms with van der Waals surface area (Å²) in [4.78, 5) is 11.2. The van der Waals surface area contributed by atoms with Crippen molar-refractivity contribution < 1.29 is 19.7 Å². The first kappa shape index (κ1) is 9.48. The van der Waals surface area contributed by atoms with E-state index in [1.807, 2.05) is 0 Å². The molecule has 4 heteroatoms. The Hall–Kier alpha value is -0.610. The van der Waals surface area contributed by atoms with Crippen LogP contribution < -0.4 is 0 Å². The van der Waals surface area contributed by atoms with Crippen LogP contribution in [0.2, 0.25) is 0 Å². The highest BCUT2D eigenvalue weighted by molar-refractivity contribution is 5.80. The van der Waals surface area contributed by atoms with Crippen LogP contribution in [0.25, 0.3) is 0 Å². The van der Waals surface area contributed by atoms with Gasteiger partial charge in [0, 0.05) is 12.5 Å². The summed E-state index contributed by atoms with van der Waals surface area (Å²) in [5.41, 5.74) is -0.787. The van der Waals surface area contributed by atoms with Crippen LogP contribution in [-0.4, -0.2) is 36.0 Å². The van der Waals surface area contributed by atoms with Crippen LogP contribution in [0.5, 0.6) is 0 Å². The molecule has 0 saturated heterocycles. The summed E-state index contributed by atoms with van der Waals surface area (Å²) >= 11 is 0. The number of rotatable bonds is 4. The lowest BCUT2D eigenvalue weighted by Gasteiger charge is -2.11. The molecule has 0 aromatic rings. The number of aliphatic hydroxyl groups excluding tert-OH is 2. The number of esters is 1. The number of hydrogen-bond donors (Lipinski definition) is 2. The topological polar surface area (TPSA) is 66.8 Å². The average molecular weight is 174 g/mol. The van der Waals surface area contributed by atoms with Gasteiger partial charge < -0.3 is 14.9 Å². The predicted octanol–water partition coefficient (Wildman–Crippen LogP) is -0.460. The molecule has 0 aliphatic heterocycles. The van der Waals surface area contributed by atoms with Crippen molar-refractivity contribution >= 4 is 5.97 Å². The second kappa shape index (κ2) is 3.41. The fraction of sp³-hybridized carbons (Fsp3) is 0.875. The van der Waals surface area contributed by atoms with E-state index in [0.717, 1.165) is 0 Å².